The number of rotatable bonds is 7. The molecule has 0 aliphatic heterocycles. The molecule has 5 rings (SSSR count). The lowest BCUT2D eigenvalue weighted by Crippen LogP contribution is -2.26. The topological polar surface area (TPSA) is 68.8 Å². The number of benzene rings is 3. The summed E-state index contributed by atoms with van der Waals surface area (Å²) in [5, 5.41) is 9.67. The van der Waals surface area contributed by atoms with Gasteiger partial charge in [-0.15, -0.1) is 0 Å². The van der Waals surface area contributed by atoms with Crippen LogP contribution in [0.1, 0.15) is 21.5 Å². The van der Waals surface area contributed by atoms with Crippen molar-refractivity contribution in [1.82, 2.24) is 29.4 Å². The molecular weight excluding hydrogens is 460 g/mol. The van der Waals surface area contributed by atoms with Crippen molar-refractivity contribution >= 4 is 17.5 Å². The van der Waals surface area contributed by atoms with Crippen molar-refractivity contribution in [2.45, 2.75) is 13.1 Å². The second-order valence-corrected chi connectivity index (χ2v) is 8.61. The fourth-order valence-corrected chi connectivity index (χ4v) is 4.14. The predicted molar refractivity (Wildman–Crippen MR) is 135 cm³/mol. The molecule has 3 aromatic carbocycles. The molecule has 0 spiro atoms. The molecule has 2 heterocycles. The Morgan fingerprint density at radius 1 is 0.943 bits per heavy atom. The van der Waals surface area contributed by atoms with E-state index in [1.165, 1.54) is 6.33 Å². The van der Waals surface area contributed by atoms with Gasteiger partial charge in [0, 0.05) is 41.5 Å². The molecule has 0 aliphatic carbocycles. The van der Waals surface area contributed by atoms with Crippen LogP contribution in [0.15, 0.2) is 97.7 Å². The highest BCUT2D eigenvalue weighted by Crippen LogP contribution is 2.25. The third-order valence-electron chi connectivity index (χ3n) is 5.73. The number of hydrogen-bond donors (Lipinski definition) is 0. The zero-order chi connectivity index (χ0) is 24.2. The number of nitrogens with zero attached hydrogens (tertiary/aromatic N) is 6. The van der Waals surface area contributed by atoms with Crippen LogP contribution in [0.5, 0.6) is 0 Å². The number of halogens is 1. The van der Waals surface area contributed by atoms with E-state index in [9.17, 15) is 4.79 Å². The second-order valence-electron chi connectivity index (χ2n) is 8.21. The molecule has 7 nitrogen and oxygen atoms in total. The molecule has 0 aliphatic rings. The molecule has 35 heavy (non-hydrogen) atoms. The summed E-state index contributed by atoms with van der Waals surface area (Å²) in [5.41, 5.74) is 5.23. The minimum Gasteiger partial charge on any atom is -0.337 e. The summed E-state index contributed by atoms with van der Waals surface area (Å²) < 4.78 is 3.53. The molecule has 0 unspecified atom stereocenters. The fourth-order valence-electron chi connectivity index (χ4n) is 3.95. The van der Waals surface area contributed by atoms with Crippen LogP contribution < -0.4 is 0 Å². The fraction of sp³-hybridized carbons (Fsp3) is 0.111. The third-order valence-corrected chi connectivity index (χ3v) is 6.10. The lowest BCUT2D eigenvalue weighted by Gasteiger charge is -2.17. The highest BCUT2D eigenvalue weighted by molar-refractivity contribution is 6.31. The van der Waals surface area contributed by atoms with Gasteiger partial charge in [0.05, 0.1) is 17.9 Å². The molecule has 0 fully saturated rings. The Hall–Kier alpha value is -4.23. The van der Waals surface area contributed by atoms with E-state index in [1.807, 2.05) is 77.6 Å². The van der Waals surface area contributed by atoms with Crippen LogP contribution in [0.25, 0.3) is 16.9 Å². The maximum atomic E-state index is 13.2. The van der Waals surface area contributed by atoms with Gasteiger partial charge in [-0.2, -0.15) is 10.2 Å². The third kappa shape index (κ3) is 5.00. The molecule has 8 heteroatoms. The van der Waals surface area contributed by atoms with Gasteiger partial charge in [-0.25, -0.2) is 9.67 Å². The average Bonchev–Trinajstić information content (AvgIpc) is 3.56. The van der Waals surface area contributed by atoms with Gasteiger partial charge in [0.15, 0.2) is 0 Å². The van der Waals surface area contributed by atoms with Crippen LogP contribution in [0.4, 0.5) is 0 Å². The van der Waals surface area contributed by atoms with Crippen LogP contribution in [-0.2, 0) is 13.1 Å². The van der Waals surface area contributed by atoms with Crippen molar-refractivity contribution in [1.29, 1.82) is 0 Å². The Bertz CT molecular complexity index is 1430. The summed E-state index contributed by atoms with van der Waals surface area (Å²) in [5.74, 6) is -0.0759. The minimum atomic E-state index is -0.0759. The number of amides is 1. The molecule has 0 saturated carbocycles. The standard InChI is InChI=1S/C27H23ClN6O/c1-32(27(35)21-11-13-24(14-12-21)34-19-29-18-30-34)15-23-17-33(16-22-9-5-6-10-25(22)28)31-26(23)20-7-3-2-4-8-20/h2-14,17-19H,15-16H2,1H3. The molecule has 0 bridgehead atoms. The summed E-state index contributed by atoms with van der Waals surface area (Å²) in [6, 6.07) is 25.0. The van der Waals surface area contributed by atoms with Crippen LogP contribution in [0.2, 0.25) is 5.02 Å². The van der Waals surface area contributed by atoms with Gasteiger partial charge in [0.2, 0.25) is 0 Å². The van der Waals surface area contributed by atoms with Crippen molar-refractivity contribution in [3.8, 4) is 16.9 Å². The lowest BCUT2D eigenvalue weighted by molar-refractivity contribution is 0.0785. The summed E-state index contributed by atoms with van der Waals surface area (Å²) in [4.78, 5) is 18.8. The van der Waals surface area contributed by atoms with Gasteiger partial charge < -0.3 is 4.90 Å². The summed E-state index contributed by atoms with van der Waals surface area (Å²) >= 11 is 6.37. The Kier molecular flexibility index (Phi) is 6.41. The first-order chi connectivity index (χ1) is 17.1. The molecule has 0 N–H and O–H groups in total. The van der Waals surface area contributed by atoms with Crippen LogP contribution in [0.3, 0.4) is 0 Å². The first kappa shape index (κ1) is 22.6. The zero-order valence-corrected chi connectivity index (χ0v) is 19.9. The summed E-state index contributed by atoms with van der Waals surface area (Å²) in [6.45, 7) is 0.956. The molecule has 0 saturated heterocycles. The number of carbonyl (C=O) groups excluding carboxylic acids is 1. The monoisotopic (exact) mass is 482 g/mol. The Morgan fingerprint density at radius 2 is 1.69 bits per heavy atom. The van der Waals surface area contributed by atoms with Crippen molar-refractivity contribution in [2.24, 2.45) is 0 Å². The van der Waals surface area contributed by atoms with E-state index in [-0.39, 0.29) is 5.91 Å². The SMILES string of the molecule is CN(Cc1cn(Cc2ccccc2Cl)nc1-c1ccccc1)C(=O)c1ccc(-n2cncn2)cc1. The number of hydrogen-bond acceptors (Lipinski definition) is 4. The summed E-state index contributed by atoms with van der Waals surface area (Å²) in [7, 11) is 1.80. The van der Waals surface area contributed by atoms with Gasteiger partial charge in [0.1, 0.15) is 12.7 Å². The Morgan fingerprint density at radius 3 is 2.40 bits per heavy atom. The quantitative estimate of drug-likeness (QED) is 0.323. The van der Waals surface area contributed by atoms with Crippen molar-refractivity contribution in [3.05, 3.63) is 119 Å². The lowest BCUT2D eigenvalue weighted by atomic mass is 10.1. The maximum Gasteiger partial charge on any atom is 0.253 e. The van der Waals surface area contributed by atoms with E-state index in [0.717, 1.165) is 28.1 Å². The summed E-state index contributed by atoms with van der Waals surface area (Å²) in [6.07, 6.45) is 5.08. The molecule has 1 amide bonds. The molecule has 0 radical (unpaired) electrons. The largest absolute Gasteiger partial charge is 0.337 e. The zero-order valence-electron chi connectivity index (χ0n) is 19.1. The van der Waals surface area contributed by atoms with Gasteiger partial charge in [-0.3, -0.25) is 9.48 Å². The highest BCUT2D eigenvalue weighted by Gasteiger charge is 2.18. The minimum absolute atomic E-state index is 0.0759. The van der Waals surface area contributed by atoms with Crippen LogP contribution >= 0.6 is 11.6 Å². The van der Waals surface area contributed by atoms with E-state index in [4.69, 9.17) is 16.7 Å². The first-order valence-corrected chi connectivity index (χ1v) is 11.5. The van der Waals surface area contributed by atoms with Crippen molar-refractivity contribution < 1.29 is 4.79 Å². The van der Waals surface area contributed by atoms with E-state index in [1.54, 1.807) is 35.1 Å². The molecular formula is C27H23ClN6O. The highest BCUT2D eigenvalue weighted by atomic mass is 35.5. The Labute approximate surface area is 208 Å². The molecule has 5 aromatic rings. The normalized spacial score (nSPS) is 10.9. The van der Waals surface area contributed by atoms with E-state index >= 15 is 0 Å². The number of carbonyl (C=O) groups is 1. The molecule has 0 atom stereocenters. The van der Waals surface area contributed by atoms with E-state index in [2.05, 4.69) is 10.1 Å². The second kappa shape index (κ2) is 9.95. The number of aromatic nitrogens is 5. The molecule has 174 valence electrons. The predicted octanol–water partition coefficient (Wildman–Crippen LogP) is 5.10. The van der Waals surface area contributed by atoms with Crippen LogP contribution in [0, 0.1) is 0 Å². The van der Waals surface area contributed by atoms with Crippen molar-refractivity contribution in [2.75, 3.05) is 7.05 Å². The van der Waals surface area contributed by atoms with Gasteiger partial charge in [-0.05, 0) is 35.9 Å². The molecule has 2 aromatic heterocycles. The van der Waals surface area contributed by atoms with Crippen molar-refractivity contribution in [3.63, 3.8) is 0 Å². The van der Waals surface area contributed by atoms with Gasteiger partial charge >= 0.3 is 0 Å². The van der Waals surface area contributed by atoms with E-state index < -0.39 is 0 Å². The average molecular weight is 483 g/mol. The van der Waals surface area contributed by atoms with Gasteiger partial charge in [-0.1, -0.05) is 60.1 Å². The first-order valence-electron chi connectivity index (χ1n) is 11.1. The van der Waals surface area contributed by atoms with Crippen LogP contribution in [-0.4, -0.2) is 42.4 Å². The maximum absolute atomic E-state index is 13.2. The smallest absolute Gasteiger partial charge is 0.253 e. The Balaban J connectivity index is 1.39. The van der Waals surface area contributed by atoms with E-state index in [0.29, 0.717) is 23.7 Å². The van der Waals surface area contributed by atoms with Gasteiger partial charge in [0.25, 0.3) is 5.91 Å².